The lowest BCUT2D eigenvalue weighted by Crippen LogP contribution is -2.50. The number of ether oxygens (including phenoxy) is 1. The summed E-state index contributed by atoms with van der Waals surface area (Å²) in [5, 5.41) is 1.14. The first-order valence-electron chi connectivity index (χ1n) is 10.1. The number of nitrogens with zero attached hydrogens (tertiary/aromatic N) is 3. The number of para-hydroxylation sites is 1. The molecular formula is C24H27N3O2. The van der Waals surface area contributed by atoms with Gasteiger partial charge in [-0.2, -0.15) is 0 Å². The fourth-order valence-corrected chi connectivity index (χ4v) is 3.80. The SMILES string of the molecule is Cc1cc(C)c(C)c(OCC(=O)N2CCN(c3ccc4ccccc4n3)CC2)c1. The summed E-state index contributed by atoms with van der Waals surface area (Å²) >= 11 is 0. The molecular weight excluding hydrogens is 362 g/mol. The molecule has 0 unspecified atom stereocenters. The Morgan fingerprint density at radius 1 is 1.00 bits per heavy atom. The molecule has 0 atom stereocenters. The molecule has 0 bridgehead atoms. The number of hydrogen-bond donors (Lipinski definition) is 0. The van der Waals surface area contributed by atoms with Crippen LogP contribution in [0.4, 0.5) is 5.82 Å². The van der Waals surface area contributed by atoms with Crippen LogP contribution in [0.15, 0.2) is 48.5 Å². The average Bonchev–Trinajstić information content (AvgIpc) is 2.74. The first-order chi connectivity index (χ1) is 14.0. The maximum atomic E-state index is 12.6. The Hall–Kier alpha value is -3.08. The Labute approximate surface area is 171 Å². The molecule has 0 saturated carbocycles. The number of aryl methyl sites for hydroxylation is 2. The molecule has 0 radical (unpaired) electrons. The lowest BCUT2D eigenvalue weighted by molar-refractivity contribution is -0.133. The second kappa shape index (κ2) is 8.11. The maximum Gasteiger partial charge on any atom is 0.260 e. The van der Waals surface area contributed by atoms with Crippen molar-refractivity contribution in [3.8, 4) is 5.75 Å². The number of amides is 1. The highest BCUT2D eigenvalue weighted by atomic mass is 16.5. The van der Waals surface area contributed by atoms with Crippen molar-refractivity contribution < 1.29 is 9.53 Å². The molecule has 1 aliphatic rings. The van der Waals surface area contributed by atoms with Crippen molar-refractivity contribution in [1.82, 2.24) is 9.88 Å². The van der Waals surface area contributed by atoms with Crippen molar-refractivity contribution in [2.75, 3.05) is 37.7 Å². The number of anilines is 1. The molecule has 5 nitrogen and oxygen atoms in total. The highest BCUT2D eigenvalue weighted by Gasteiger charge is 2.22. The molecule has 1 fully saturated rings. The van der Waals surface area contributed by atoms with Crippen molar-refractivity contribution in [3.63, 3.8) is 0 Å². The van der Waals surface area contributed by atoms with Gasteiger partial charge in [-0.15, -0.1) is 0 Å². The smallest absolute Gasteiger partial charge is 0.260 e. The summed E-state index contributed by atoms with van der Waals surface area (Å²) in [7, 11) is 0. The van der Waals surface area contributed by atoms with Crippen molar-refractivity contribution in [3.05, 3.63) is 65.2 Å². The van der Waals surface area contributed by atoms with E-state index in [1.54, 1.807) is 0 Å². The van der Waals surface area contributed by atoms with Crippen molar-refractivity contribution in [2.45, 2.75) is 20.8 Å². The summed E-state index contributed by atoms with van der Waals surface area (Å²) in [6, 6.07) is 16.4. The number of rotatable bonds is 4. The van der Waals surface area contributed by atoms with Crippen LogP contribution in [0.1, 0.15) is 16.7 Å². The zero-order valence-electron chi connectivity index (χ0n) is 17.3. The maximum absolute atomic E-state index is 12.6. The Morgan fingerprint density at radius 2 is 1.76 bits per heavy atom. The third kappa shape index (κ3) is 4.19. The largest absolute Gasteiger partial charge is 0.483 e. The average molecular weight is 389 g/mol. The molecule has 0 aliphatic carbocycles. The fraction of sp³-hybridized carbons (Fsp3) is 0.333. The number of piperazine rings is 1. The van der Waals surface area contributed by atoms with Gasteiger partial charge in [0.05, 0.1) is 5.52 Å². The van der Waals surface area contributed by atoms with E-state index in [9.17, 15) is 4.79 Å². The fourth-order valence-electron chi connectivity index (χ4n) is 3.80. The minimum atomic E-state index is 0.0367. The predicted molar refractivity (Wildman–Crippen MR) is 117 cm³/mol. The van der Waals surface area contributed by atoms with Gasteiger partial charge in [0.1, 0.15) is 11.6 Å². The lowest BCUT2D eigenvalue weighted by atomic mass is 10.1. The number of carbonyl (C=O) groups is 1. The van der Waals surface area contributed by atoms with Crippen LogP contribution < -0.4 is 9.64 Å². The quantitative estimate of drug-likeness (QED) is 0.679. The number of pyridine rings is 1. The summed E-state index contributed by atoms with van der Waals surface area (Å²) in [6.07, 6.45) is 0. The number of benzene rings is 2. The topological polar surface area (TPSA) is 45.7 Å². The molecule has 29 heavy (non-hydrogen) atoms. The van der Waals surface area contributed by atoms with Crippen molar-refractivity contribution in [1.29, 1.82) is 0 Å². The van der Waals surface area contributed by atoms with E-state index in [2.05, 4.69) is 36.1 Å². The summed E-state index contributed by atoms with van der Waals surface area (Å²) in [4.78, 5) is 21.5. The van der Waals surface area contributed by atoms with Gasteiger partial charge in [-0.1, -0.05) is 24.3 Å². The van der Waals surface area contributed by atoms with Crippen LogP contribution in [0, 0.1) is 20.8 Å². The van der Waals surface area contributed by atoms with Gasteiger partial charge >= 0.3 is 0 Å². The highest BCUT2D eigenvalue weighted by molar-refractivity contribution is 5.80. The molecule has 0 spiro atoms. The number of hydrogen-bond acceptors (Lipinski definition) is 4. The highest BCUT2D eigenvalue weighted by Crippen LogP contribution is 2.23. The van der Waals surface area contributed by atoms with Gasteiger partial charge in [0.25, 0.3) is 5.91 Å². The molecule has 4 rings (SSSR count). The number of carbonyl (C=O) groups excluding carboxylic acids is 1. The van der Waals surface area contributed by atoms with Crippen LogP contribution in [0.3, 0.4) is 0 Å². The monoisotopic (exact) mass is 389 g/mol. The Kier molecular flexibility index (Phi) is 5.38. The first-order valence-corrected chi connectivity index (χ1v) is 10.1. The molecule has 150 valence electrons. The summed E-state index contributed by atoms with van der Waals surface area (Å²) in [5.41, 5.74) is 4.42. The standard InChI is InChI=1S/C24H27N3O2/c1-17-14-18(2)19(3)22(15-17)29-16-24(28)27-12-10-26(11-13-27)23-9-8-20-6-4-5-7-21(20)25-23/h4-9,14-15H,10-13,16H2,1-3H3. The summed E-state index contributed by atoms with van der Waals surface area (Å²) in [5.74, 6) is 1.81. The lowest BCUT2D eigenvalue weighted by Gasteiger charge is -2.35. The molecule has 3 aromatic rings. The normalized spacial score (nSPS) is 14.3. The van der Waals surface area contributed by atoms with E-state index < -0.39 is 0 Å². The zero-order chi connectivity index (χ0) is 20.4. The number of fused-ring (bicyclic) bond motifs is 1. The van der Waals surface area contributed by atoms with Crippen LogP contribution in [-0.2, 0) is 4.79 Å². The Balaban J connectivity index is 1.34. The third-order valence-corrected chi connectivity index (χ3v) is 5.66. The van der Waals surface area contributed by atoms with E-state index in [-0.39, 0.29) is 12.5 Å². The van der Waals surface area contributed by atoms with Crippen LogP contribution in [0.2, 0.25) is 0 Å². The van der Waals surface area contributed by atoms with E-state index in [4.69, 9.17) is 9.72 Å². The van der Waals surface area contributed by atoms with Crippen LogP contribution >= 0.6 is 0 Å². The van der Waals surface area contributed by atoms with Crippen LogP contribution in [0.25, 0.3) is 10.9 Å². The van der Waals surface area contributed by atoms with Crippen LogP contribution in [-0.4, -0.2) is 48.6 Å². The van der Waals surface area contributed by atoms with Gasteiger partial charge in [-0.05, 0) is 61.7 Å². The van der Waals surface area contributed by atoms with Gasteiger partial charge < -0.3 is 14.5 Å². The Bertz CT molecular complexity index is 1040. The van der Waals surface area contributed by atoms with Gasteiger partial charge in [-0.3, -0.25) is 4.79 Å². The first kappa shape index (κ1) is 19.2. The van der Waals surface area contributed by atoms with E-state index in [1.165, 1.54) is 5.56 Å². The molecule has 2 heterocycles. The minimum Gasteiger partial charge on any atom is -0.483 e. The Morgan fingerprint density at radius 3 is 2.55 bits per heavy atom. The van der Waals surface area contributed by atoms with Crippen LogP contribution in [0.5, 0.6) is 5.75 Å². The minimum absolute atomic E-state index is 0.0367. The molecule has 5 heteroatoms. The van der Waals surface area contributed by atoms with E-state index in [0.717, 1.165) is 46.7 Å². The summed E-state index contributed by atoms with van der Waals surface area (Å²) in [6.45, 7) is 9.14. The van der Waals surface area contributed by atoms with E-state index in [0.29, 0.717) is 13.1 Å². The zero-order valence-corrected chi connectivity index (χ0v) is 17.3. The van der Waals surface area contributed by atoms with Crippen molar-refractivity contribution in [2.24, 2.45) is 0 Å². The molecule has 1 aromatic heterocycles. The van der Waals surface area contributed by atoms with E-state index >= 15 is 0 Å². The predicted octanol–water partition coefficient (Wildman–Crippen LogP) is 3.89. The van der Waals surface area contributed by atoms with E-state index in [1.807, 2.05) is 43.0 Å². The molecule has 0 N–H and O–H groups in total. The second-order valence-corrected chi connectivity index (χ2v) is 7.72. The number of aromatic nitrogens is 1. The molecule has 2 aromatic carbocycles. The third-order valence-electron chi connectivity index (χ3n) is 5.66. The van der Waals surface area contributed by atoms with Gasteiger partial charge in [0.15, 0.2) is 6.61 Å². The van der Waals surface area contributed by atoms with Gasteiger partial charge in [-0.25, -0.2) is 4.98 Å². The molecule has 1 amide bonds. The second-order valence-electron chi connectivity index (χ2n) is 7.72. The molecule has 1 saturated heterocycles. The summed E-state index contributed by atoms with van der Waals surface area (Å²) < 4.78 is 5.86. The van der Waals surface area contributed by atoms with Gasteiger partial charge in [0.2, 0.25) is 0 Å². The molecule has 1 aliphatic heterocycles. The van der Waals surface area contributed by atoms with Crippen molar-refractivity contribution >= 4 is 22.6 Å². The van der Waals surface area contributed by atoms with Gasteiger partial charge in [0, 0.05) is 31.6 Å².